The van der Waals surface area contributed by atoms with Gasteiger partial charge in [0, 0.05) is 12.1 Å². The number of H-pyrrole nitrogens is 1. The van der Waals surface area contributed by atoms with Crippen molar-refractivity contribution >= 4 is 17.0 Å². The first kappa shape index (κ1) is 10.7. The molecule has 0 saturated heterocycles. The van der Waals surface area contributed by atoms with Crippen molar-refractivity contribution in [2.24, 2.45) is 5.73 Å². The van der Waals surface area contributed by atoms with Gasteiger partial charge in [-0.25, -0.2) is 15.0 Å². The van der Waals surface area contributed by atoms with Crippen LogP contribution in [0.2, 0.25) is 0 Å². The maximum Gasteiger partial charge on any atom is 0.183 e. The lowest BCUT2D eigenvalue weighted by Gasteiger charge is -1.99. The fraction of sp³-hybridized carbons (Fsp3) is 0.0833. The summed E-state index contributed by atoms with van der Waals surface area (Å²) in [4.78, 5) is 15.5. The lowest BCUT2D eigenvalue weighted by Crippen LogP contribution is -1.96. The number of nitrogens with one attached hydrogen (secondary N) is 1. The minimum absolute atomic E-state index is 0.397. The molecule has 1 aromatic carbocycles. The van der Waals surface area contributed by atoms with Crippen molar-refractivity contribution in [1.29, 1.82) is 0 Å². The van der Waals surface area contributed by atoms with Crippen LogP contribution in [0.25, 0.3) is 22.6 Å². The molecular weight excluding hydrogens is 228 g/mol. The van der Waals surface area contributed by atoms with E-state index in [1.165, 1.54) is 6.33 Å². The van der Waals surface area contributed by atoms with Crippen LogP contribution in [0.15, 0.2) is 30.6 Å². The molecule has 5 N–H and O–H groups in total. The molecule has 18 heavy (non-hydrogen) atoms. The maximum atomic E-state index is 5.76. The normalized spacial score (nSPS) is 10.9. The van der Waals surface area contributed by atoms with Gasteiger partial charge < -0.3 is 16.5 Å². The zero-order valence-electron chi connectivity index (χ0n) is 9.59. The first-order chi connectivity index (χ1) is 8.78. The maximum absolute atomic E-state index is 5.76. The number of nitrogens with two attached hydrogens (primary N) is 2. The van der Waals surface area contributed by atoms with E-state index >= 15 is 0 Å². The second kappa shape index (κ2) is 4.08. The van der Waals surface area contributed by atoms with E-state index in [0.29, 0.717) is 29.4 Å². The number of benzene rings is 1. The number of aromatic nitrogens is 4. The summed E-state index contributed by atoms with van der Waals surface area (Å²) in [6.45, 7) is 0.496. The second-order valence-electron chi connectivity index (χ2n) is 3.95. The highest BCUT2D eigenvalue weighted by molar-refractivity contribution is 5.84. The minimum atomic E-state index is 0.397. The number of anilines is 1. The van der Waals surface area contributed by atoms with Crippen LogP contribution < -0.4 is 11.5 Å². The Labute approximate surface area is 103 Å². The zero-order valence-corrected chi connectivity index (χ0v) is 9.59. The molecule has 0 fully saturated rings. The van der Waals surface area contributed by atoms with Crippen LogP contribution in [0.1, 0.15) is 5.56 Å². The van der Waals surface area contributed by atoms with E-state index in [-0.39, 0.29) is 0 Å². The third kappa shape index (κ3) is 1.68. The Morgan fingerprint density at radius 1 is 1.22 bits per heavy atom. The van der Waals surface area contributed by atoms with Crippen LogP contribution in [0, 0.1) is 0 Å². The topological polar surface area (TPSA) is 106 Å². The molecule has 3 rings (SSSR count). The van der Waals surface area contributed by atoms with Crippen LogP contribution in [-0.4, -0.2) is 19.9 Å². The van der Waals surface area contributed by atoms with Crippen LogP contribution in [0.3, 0.4) is 0 Å². The average Bonchev–Trinajstić information content (AvgIpc) is 2.84. The lowest BCUT2D eigenvalue weighted by molar-refractivity contribution is 1.07. The number of fused-ring (bicyclic) bond motifs is 1. The predicted molar refractivity (Wildman–Crippen MR) is 69.4 cm³/mol. The molecule has 0 bridgehead atoms. The Kier molecular flexibility index (Phi) is 2.42. The molecule has 3 aromatic rings. The van der Waals surface area contributed by atoms with Crippen molar-refractivity contribution < 1.29 is 0 Å². The van der Waals surface area contributed by atoms with E-state index in [2.05, 4.69) is 19.9 Å². The van der Waals surface area contributed by atoms with Gasteiger partial charge in [-0.2, -0.15) is 0 Å². The molecule has 6 heteroatoms. The molecule has 0 amide bonds. The SMILES string of the molecule is NCc1cccc(-c2nc3ncnc(N)c3[nH]2)c1. The summed E-state index contributed by atoms with van der Waals surface area (Å²) < 4.78 is 0. The minimum Gasteiger partial charge on any atom is -0.382 e. The molecule has 2 aromatic heterocycles. The third-order valence-electron chi connectivity index (χ3n) is 2.75. The molecule has 90 valence electrons. The van der Waals surface area contributed by atoms with Gasteiger partial charge in [0.05, 0.1) is 0 Å². The largest absolute Gasteiger partial charge is 0.382 e. The standard InChI is InChI=1S/C12H12N6/c13-5-7-2-1-3-8(4-7)11-17-9-10(14)15-6-16-12(9)18-11/h1-4,6H,5,13H2,(H3,14,15,16,17,18). The predicted octanol–water partition coefficient (Wildman–Crippen LogP) is 1.06. The van der Waals surface area contributed by atoms with Crippen LogP contribution >= 0.6 is 0 Å². The van der Waals surface area contributed by atoms with Gasteiger partial charge in [0.1, 0.15) is 17.7 Å². The van der Waals surface area contributed by atoms with Crippen molar-refractivity contribution in [2.75, 3.05) is 5.73 Å². The van der Waals surface area contributed by atoms with Gasteiger partial charge in [0.25, 0.3) is 0 Å². The second-order valence-corrected chi connectivity index (χ2v) is 3.95. The molecule has 2 heterocycles. The lowest BCUT2D eigenvalue weighted by atomic mass is 10.1. The first-order valence-electron chi connectivity index (χ1n) is 5.53. The summed E-state index contributed by atoms with van der Waals surface area (Å²) in [5.74, 6) is 1.11. The van der Waals surface area contributed by atoms with Gasteiger partial charge in [-0.05, 0) is 11.6 Å². The Morgan fingerprint density at radius 2 is 2.11 bits per heavy atom. The molecule has 0 spiro atoms. The molecule has 6 nitrogen and oxygen atoms in total. The van der Waals surface area contributed by atoms with E-state index in [9.17, 15) is 0 Å². The molecule has 0 aliphatic rings. The Balaban J connectivity index is 2.16. The van der Waals surface area contributed by atoms with E-state index in [0.717, 1.165) is 11.1 Å². The number of imidazole rings is 1. The van der Waals surface area contributed by atoms with Gasteiger partial charge in [0.2, 0.25) is 0 Å². The van der Waals surface area contributed by atoms with E-state index in [1.54, 1.807) is 0 Å². The Hall–Kier alpha value is -2.47. The van der Waals surface area contributed by atoms with E-state index in [4.69, 9.17) is 11.5 Å². The van der Waals surface area contributed by atoms with Crippen molar-refractivity contribution in [3.63, 3.8) is 0 Å². The Bertz CT molecular complexity index is 703. The summed E-state index contributed by atoms with van der Waals surface area (Å²) in [6.07, 6.45) is 1.40. The van der Waals surface area contributed by atoms with Crippen LogP contribution in [0.5, 0.6) is 0 Å². The van der Waals surface area contributed by atoms with Gasteiger partial charge in [-0.15, -0.1) is 0 Å². The molecule has 0 unspecified atom stereocenters. The highest BCUT2D eigenvalue weighted by atomic mass is 15.0. The smallest absolute Gasteiger partial charge is 0.183 e. The molecular formula is C12H12N6. The highest BCUT2D eigenvalue weighted by Gasteiger charge is 2.09. The molecule has 0 aliphatic heterocycles. The summed E-state index contributed by atoms with van der Waals surface area (Å²) >= 11 is 0. The van der Waals surface area contributed by atoms with Crippen molar-refractivity contribution in [3.8, 4) is 11.4 Å². The van der Waals surface area contributed by atoms with Crippen molar-refractivity contribution in [3.05, 3.63) is 36.2 Å². The van der Waals surface area contributed by atoms with Gasteiger partial charge in [0.15, 0.2) is 11.5 Å². The first-order valence-corrected chi connectivity index (χ1v) is 5.53. The molecule has 0 aliphatic carbocycles. The molecule has 0 radical (unpaired) electrons. The summed E-state index contributed by atoms with van der Waals surface area (Å²) in [7, 11) is 0. The van der Waals surface area contributed by atoms with Gasteiger partial charge in [-0.1, -0.05) is 18.2 Å². The highest BCUT2D eigenvalue weighted by Crippen LogP contribution is 2.22. The van der Waals surface area contributed by atoms with E-state index in [1.807, 2.05) is 24.3 Å². The fourth-order valence-electron chi connectivity index (χ4n) is 1.83. The van der Waals surface area contributed by atoms with Crippen LogP contribution in [-0.2, 0) is 6.54 Å². The monoisotopic (exact) mass is 240 g/mol. The number of nitrogen functional groups attached to an aromatic ring is 1. The average molecular weight is 240 g/mol. The number of hydrogen-bond donors (Lipinski definition) is 3. The summed E-state index contributed by atoms with van der Waals surface area (Å²) in [5.41, 5.74) is 14.6. The number of rotatable bonds is 2. The quantitative estimate of drug-likeness (QED) is 0.621. The summed E-state index contributed by atoms with van der Waals surface area (Å²) in [6, 6.07) is 7.86. The fourth-order valence-corrected chi connectivity index (χ4v) is 1.83. The molecule has 0 saturated carbocycles. The Morgan fingerprint density at radius 3 is 2.89 bits per heavy atom. The van der Waals surface area contributed by atoms with Gasteiger partial charge in [-0.3, -0.25) is 0 Å². The van der Waals surface area contributed by atoms with Crippen LogP contribution in [0.4, 0.5) is 5.82 Å². The zero-order chi connectivity index (χ0) is 12.5. The van der Waals surface area contributed by atoms with E-state index < -0.39 is 0 Å². The van der Waals surface area contributed by atoms with Gasteiger partial charge >= 0.3 is 0 Å². The number of nitrogens with zero attached hydrogens (tertiary/aromatic N) is 3. The van der Waals surface area contributed by atoms with Crippen molar-refractivity contribution in [2.45, 2.75) is 6.54 Å². The molecule has 0 atom stereocenters. The summed E-state index contributed by atoms with van der Waals surface area (Å²) in [5, 5.41) is 0. The number of hydrogen-bond acceptors (Lipinski definition) is 5. The third-order valence-corrected chi connectivity index (χ3v) is 2.75. The van der Waals surface area contributed by atoms with Crippen molar-refractivity contribution in [1.82, 2.24) is 19.9 Å². The number of aromatic amines is 1.